The van der Waals surface area contributed by atoms with Crippen molar-refractivity contribution in [2.24, 2.45) is 17.8 Å². The molecular weight excluding hydrogens is 292 g/mol. The number of non-ortho nitro benzene ring substituents is 1. The van der Waals surface area contributed by atoms with Gasteiger partial charge in [0.05, 0.1) is 23.4 Å². The first-order valence-corrected chi connectivity index (χ1v) is 6.89. The second-order valence-corrected chi connectivity index (χ2v) is 5.28. The van der Waals surface area contributed by atoms with E-state index in [4.69, 9.17) is 4.74 Å². The number of benzene rings is 1. The van der Waals surface area contributed by atoms with E-state index < -0.39 is 34.9 Å². The van der Waals surface area contributed by atoms with E-state index in [2.05, 4.69) is 0 Å². The Morgan fingerprint density at radius 1 is 1.41 bits per heavy atom. The number of nitrogens with zero attached hydrogens (tertiary/aromatic N) is 2. The summed E-state index contributed by atoms with van der Waals surface area (Å²) in [5.74, 6) is -2.44. The summed E-state index contributed by atoms with van der Waals surface area (Å²) in [6.07, 6.45) is -1.12. The van der Waals surface area contributed by atoms with E-state index in [1.165, 1.54) is 29.2 Å². The number of hydrogen-bond acceptors (Lipinski definition) is 6. The summed E-state index contributed by atoms with van der Waals surface area (Å²) in [6.45, 7) is 1.91. The Bertz CT molecular complexity index is 643. The predicted molar refractivity (Wildman–Crippen MR) is 73.7 cm³/mol. The van der Waals surface area contributed by atoms with Crippen LogP contribution in [0, 0.1) is 27.9 Å². The predicted octanol–water partition coefficient (Wildman–Crippen LogP) is 0.685. The van der Waals surface area contributed by atoms with Gasteiger partial charge < -0.3 is 9.84 Å². The van der Waals surface area contributed by atoms with Gasteiger partial charge >= 0.3 is 5.97 Å². The topological polar surface area (TPSA) is 110 Å². The SMILES string of the molecule is CCOC(=O)[C@H]1[C@H]2C(=O)N(c3ccc([N+](=O)[O-])cc3)C(O)[C@H]21. The van der Waals surface area contributed by atoms with Gasteiger partial charge in [-0.1, -0.05) is 0 Å². The van der Waals surface area contributed by atoms with Gasteiger partial charge in [0, 0.05) is 23.7 Å². The summed E-state index contributed by atoms with van der Waals surface area (Å²) >= 11 is 0. The molecule has 0 bridgehead atoms. The summed E-state index contributed by atoms with van der Waals surface area (Å²) in [5.41, 5.74) is 0.275. The molecule has 8 nitrogen and oxygen atoms in total. The smallest absolute Gasteiger partial charge is 0.310 e. The summed E-state index contributed by atoms with van der Waals surface area (Å²) < 4.78 is 4.89. The molecule has 1 aromatic rings. The minimum atomic E-state index is -1.12. The lowest BCUT2D eigenvalue weighted by atomic mass is 10.2. The lowest BCUT2D eigenvalue weighted by Crippen LogP contribution is -2.39. The Morgan fingerprint density at radius 2 is 2.05 bits per heavy atom. The van der Waals surface area contributed by atoms with Crippen molar-refractivity contribution in [2.45, 2.75) is 13.2 Å². The van der Waals surface area contributed by atoms with Gasteiger partial charge in [0.2, 0.25) is 5.91 Å². The Labute approximate surface area is 125 Å². The molecule has 1 aromatic carbocycles. The molecule has 2 aliphatic rings. The summed E-state index contributed by atoms with van der Waals surface area (Å²) in [4.78, 5) is 35.3. The maximum Gasteiger partial charge on any atom is 0.310 e. The molecule has 1 aliphatic heterocycles. The van der Waals surface area contributed by atoms with Crippen LogP contribution in [0.3, 0.4) is 0 Å². The van der Waals surface area contributed by atoms with Crippen molar-refractivity contribution in [2.75, 3.05) is 11.5 Å². The van der Waals surface area contributed by atoms with Gasteiger partial charge in [-0.25, -0.2) is 0 Å². The van der Waals surface area contributed by atoms with Crippen LogP contribution < -0.4 is 4.90 Å². The van der Waals surface area contributed by atoms with Crippen LogP contribution in [0.1, 0.15) is 6.92 Å². The van der Waals surface area contributed by atoms with Crippen LogP contribution in [0.4, 0.5) is 11.4 Å². The number of rotatable bonds is 4. The van der Waals surface area contributed by atoms with E-state index in [-0.39, 0.29) is 18.2 Å². The number of carbonyl (C=O) groups excluding carboxylic acids is 2. The Hall–Kier alpha value is -2.48. The molecule has 3 rings (SSSR count). The number of esters is 1. The average Bonchev–Trinajstić information content (AvgIpc) is 3.17. The molecule has 1 N–H and O–H groups in total. The number of fused-ring (bicyclic) bond motifs is 1. The summed E-state index contributed by atoms with van der Waals surface area (Å²) in [7, 11) is 0. The third-order valence-corrected chi connectivity index (χ3v) is 4.10. The second kappa shape index (κ2) is 5.06. The van der Waals surface area contributed by atoms with Crippen molar-refractivity contribution in [3.63, 3.8) is 0 Å². The standard InChI is InChI=1S/C14H14N2O6/c1-2-22-14(19)11-9-10(11)13(18)15(12(9)17)7-3-5-8(6-4-7)16(20)21/h3-6,9-12,17H,2H2,1H3/t9-,10+,11-,12?/m1/s1. The average molecular weight is 306 g/mol. The molecule has 22 heavy (non-hydrogen) atoms. The monoisotopic (exact) mass is 306 g/mol. The van der Waals surface area contributed by atoms with Gasteiger partial charge in [-0.05, 0) is 19.1 Å². The minimum absolute atomic E-state index is 0.0977. The van der Waals surface area contributed by atoms with Gasteiger partial charge in [0.25, 0.3) is 5.69 Å². The molecule has 116 valence electrons. The van der Waals surface area contributed by atoms with Crippen LogP contribution in [0.2, 0.25) is 0 Å². The molecule has 2 fully saturated rings. The Balaban J connectivity index is 1.77. The first-order valence-electron chi connectivity index (χ1n) is 6.89. The summed E-state index contributed by atoms with van der Waals surface area (Å²) in [5, 5.41) is 20.9. The fraction of sp³-hybridized carbons (Fsp3) is 0.429. The highest BCUT2D eigenvalue weighted by Crippen LogP contribution is 2.56. The number of carbonyl (C=O) groups is 2. The molecule has 4 atom stereocenters. The van der Waals surface area contributed by atoms with Crippen LogP contribution in [0.15, 0.2) is 24.3 Å². The van der Waals surface area contributed by atoms with Gasteiger partial charge in [0.1, 0.15) is 6.23 Å². The minimum Gasteiger partial charge on any atom is -0.466 e. The van der Waals surface area contributed by atoms with Crippen molar-refractivity contribution >= 4 is 23.3 Å². The molecule has 1 aliphatic carbocycles. The Kier molecular flexibility index (Phi) is 3.32. The largest absolute Gasteiger partial charge is 0.466 e. The lowest BCUT2D eigenvalue weighted by molar-refractivity contribution is -0.384. The molecule has 1 unspecified atom stereocenters. The molecule has 8 heteroatoms. The van der Waals surface area contributed by atoms with Crippen molar-refractivity contribution in [1.82, 2.24) is 0 Å². The van der Waals surface area contributed by atoms with Crippen molar-refractivity contribution < 1.29 is 24.4 Å². The van der Waals surface area contributed by atoms with E-state index >= 15 is 0 Å². The molecule has 0 radical (unpaired) electrons. The van der Waals surface area contributed by atoms with Crippen molar-refractivity contribution in [1.29, 1.82) is 0 Å². The number of anilines is 1. The maximum absolute atomic E-state index is 12.3. The van der Waals surface area contributed by atoms with E-state index in [0.717, 1.165) is 0 Å². The highest BCUT2D eigenvalue weighted by Gasteiger charge is 2.70. The van der Waals surface area contributed by atoms with Gasteiger partial charge in [0.15, 0.2) is 0 Å². The van der Waals surface area contributed by atoms with Crippen molar-refractivity contribution in [3.05, 3.63) is 34.4 Å². The third kappa shape index (κ3) is 2.03. The lowest BCUT2D eigenvalue weighted by Gasteiger charge is -2.24. The Morgan fingerprint density at radius 3 is 2.50 bits per heavy atom. The molecule has 0 aromatic heterocycles. The zero-order valence-corrected chi connectivity index (χ0v) is 11.7. The zero-order chi connectivity index (χ0) is 16.0. The third-order valence-electron chi connectivity index (χ3n) is 4.10. The van der Waals surface area contributed by atoms with Gasteiger partial charge in [-0.3, -0.25) is 24.6 Å². The van der Waals surface area contributed by atoms with Crippen LogP contribution >= 0.6 is 0 Å². The first kappa shape index (κ1) is 14.5. The zero-order valence-electron chi connectivity index (χ0n) is 11.7. The summed E-state index contributed by atoms with van der Waals surface area (Å²) in [6, 6.07) is 5.34. The molecule has 0 spiro atoms. The van der Waals surface area contributed by atoms with Crippen LogP contribution in [-0.4, -0.2) is 34.7 Å². The molecular formula is C14H14N2O6. The van der Waals surface area contributed by atoms with E-state index in [9.17, 15) is 24.8 Å². The van der Waals surface area contributed by atoms with E-state index in [1.54, 1.807) is 6.92 Å². The molecule has 1 saturated heterocycles. The van der Waals surface area contributed by atoms with Crippen LogP contribution in [0.25, 0.3) is 0 Å². The van der Waals surface area contributed by atoms with Gasteiger partial charge in [-0.15, -0.1) is 0 Å². The number of hydrogen-bond donors (Lipinski definition) is 1. The fourth-order valence-electron chi connectivity index (χ4n) is 3.04. The molecule has 1 saturated carbocycles. The second-order valence-electron chi connectivity index (χ2n) is 5.28. The highest BCUT2D eigenvalue weighted by atomic mass is 16.6. The fourth-order valence-corrected chi connectivity index (χ4v) is 3.04. The maximum atomic E-state index is 12.3. The number of piperidine rings is 1. The number of aliphatic hydroxyl groups is 1. The number of nitro groups is 1. The number of ether oxygens (including phenoxy) is 1. The van der Waals surface area contributed by atoms with Gasteiger partial charge in [-0.2, -0.15) is 0 Å². The molecule has 1 amide bonds. The quantitative estimate of drug-likeness (QED) is 0.498. The van der Waals surface area contributed by atoms with E-state index in [1.807, 2.05) is 0 Å². The van der Waals surface area contributed by atoms with Crippen LogP contribution in [-0.2, 0) is 14.3 Å². The number of amides is 1. The van der Waals surface area contributed by atoms with Crippen molar-refractivity contribution in [3.8, 4) is 0 Å². The first-order chi connectivity index (χ1) is 10.5. The van der Waals surface area contributed by atoms with E-state index in [0.29, 0.717) is 5.69 Å². The van der Waals surface area contributed by atoms with Crippen LogP contribution in [0.5, 0.6) is 0 Å². The highest BCUT2D eigenvalue weighted by molar-refractivity contribution is 6.04. The number of aliphatic hydroxyl groups excluding tert-OH is 1. The normalized spacial score (nSPS) is 29.2. The molecule has 1 heterocycles. The number of nitro benzene ring substituents is 1.